The Morgan fingerprint density at radius 1 is 0.564 bits per heavy atom. The van der Waals surface area contributed by atoms with Gasteiger partial charge in [-0.3, -0.25) is 14.1 Å². The van der Waals surface area contributed by atoms with Crippen molar-refractivity contribution < 1.29 is 42.7 Å². The highest BCUT2D eigenvalue weighted by atomic mass is 31.2. The molecule has 10 heteroatoms. The zero-order chi connectivity index (χ0) is 40.1. The first-order valence-corrected chi connectivity index (χ1v) is 24.3. The molecule has 9 nitrogen and oxygen atoms in total. The standard InChI is InChI=1S/C45H83O9P/c1-3-5-7-9-11-12-13-14-15-16-17-18-19-20-21-22-23-24-25-29-33-37-44(46)51-39-41(40-52-55(48,49)50)53-45(47)38-34-30-26-28-32-36-43-42(54-43)35-31-27-10-8-6-4-2/h14-15,27,31,41-43H,3-13,16-26,28-30,32-40H2,1-2H3,(H2,48,49,50)/b15-14-,31-27-/t41-,42?,43?/m1/s1. The first-order valence-electron chi connectivity index (χ1n) is 22.8. The zero-order valence-electron chi connectivity index (χ0n) is 35.3. The molecule has 1 fully saturated rings. The Balaban J connectivity index is 2.02. The predicted molar refractivity (Wildman–Crippen MR) is 225 cm³/mol. The Morgan fingerprint density at radius 3 is 1.55 bits per heavy atom. The number of epoxide rings is 1. The van der Waals surface area contributed by atoms with Crippen LogP contribution in [0.2, 0.25) is 0 Å². The Kier molecular flexibility index (Phi) is 34.5. The first-order chi connectivity index (χ1) is 26.7. The van der Waals surface area contributed by atoms with Crippen molar-refractivity contribution in [1.82, 2.24) is 0 Å². The van der Waals surface area contributed by atoms with E-state index in [0.717, 1.165) is 64.2 Å². The lowest BCUT2D eigenvalue weighted by molar-refractivity contribution is -0.161. The number of allylic oxidation sites excluding steroid dienone is 3. The van der Waals surface area contributed by atoms with E-state index in [9.17, 15) is 14.2 Å². The maximum atomic E-state index is 12.4. The largest absolute Gasteiger partial charge is 0.469 e. The highest BCUT2D eigenvalue weighted by Crippen LogP contribution is 2.36. The van der Waals surface area contributed by atoms with Crippen molar-refractivity contribution >= 4 is 19.8 Å². The molecule has 1 aliphatic heterocycles. The summed E-state index contributed by atoms with van der Waals surface area (Å²) in [6.07, 6.45) is 44.9. The normalized spacial score (nSPS) is 16.3. The second-order valence-electron chi connectivity index (χ2n) is 15.8. The number of hydrogen-bond donors (Lipinski definition) is 2. The third kappa shape index (κ3) is 36.6. The Bertz CT molecular complexity index is 1010. The van der Waals surface area contributed by atoms with Crippen LogP contribution in [0, 0.1) is 0 Å². The van der Waals surface area contributed by atoms with Gasteiger partial charge in [-0.2, -0.15) is 0 Å². The van der Waals surface area contributed by atoms with Gasteiger partial charge in [0, 0.05) is 12.8 Å². The van der Waals surface area contributed by atoms with Gasteiger partial charge >= 0.3 is 19.8 Å². The zero-order valence-corrected chi connectivity index (χ0v) is 36.2. The van der Waals surface area contributed by atoms with Gasteiger partial charge < -0.3 is 24.0 Å². The van der Waals surface area contributed by atoms with Gasteiger partial charge in [-0.15, -0.1) is 0 Å². The monoisotopic (exact) mass is 799 g/mol. The molecule has 0 aliphatic carbocycles. The number of phosphoric ester groups is 1. The molecule has 0 spiro atoms. The molecule has 322 valence electrons. The number of hydrogen-bond acceptors (Lipinski definition) is 7. The molecule has 1 aliphatic rings. The van der Waals surface area contributed by atoms with E-state index in [2.05, 4.69) is 42.7 Å². The second kappa shape index (κ2) is 36.8. The van der Waals surface area contributed by atoms with Crippen LogP contribution in [-0.4, -0.2) is 53.3 Å². The number of phosphoric acid groups is 1. The van der Waals surface area contributed by atoms with Crippen LogP contribution in [0.15, 0.2) is 24.3 Å². The summed E-state index contributed by atoms with van der Waals surface area (Å²) < 4.78 is 32.2. The third-order valence-corrected chi connectivity index (χ3v) is 10.9. The van der Waals surface area contributed by atoms with Gasteiger partial charge in [0.1, 0.15) is 6.61 Å². The van der Waals surface area contributed by atoms with Crippen molar-refractivity contribution in [1.29, 1.82) is 0 Å². The number of rotatable bonds is 41. The maximum Gasteiger partial charge on any atom is 0.469 e. The fraction of sp³-hybridized carbons (Fsp3) is 0.867. The molecule has 1 heterocycles. The number of carbonyl (C=O) groups is 2. The van der Waals surface area contributed by atoms with Crippen molar-refractivity contribution in [2.75, 3.05) is 13.2 Å². The molecule has 0 radical (unpaired) electrons. The fourth-order valence-electron chi connectivity index (χ4n) is 6.85. The minimum Gasteiger partial charge on any atom is -0.462 e. The molecule has 2 N–H and O–H groups in total. The van der Waals surface area contributed by atoms with Gasteiger partial charge in [0.25, 0.3) is 0 Å². The summed E-state index contributed by atoms with van der Waals surface area (Å²) in [4.78, 5) is 43.0. The molecule has 3 atom stereocenters. The van der Waals surface area contributed by atoms with E-state index in [4.69, 9.17) is 24.0 Å². The van der Waals surface area contributed by atoms with E-state index in [1.807, 2.05) is 0 Å². The summed E-state index contributed by atoms with van der Waals surface area (Å²) in [5.74, 6) is -0.901. The maximum absolute atomic E-state index is 12.4. The van der Waals surface area contributed by atoms with Crippen molar-refractivity contribution in [3.8, 4) is 0 Å². The second-order valence-corrected chi connectivity index (χ2v) is 17.0. The van der Waals surface area contributed by atoms with Crippen LogP contribution in [0.3, 0.4) is 0 Å². The SMILES string of the molecule is CCCCC/C=C\CC1OC1CCCCCCCC(=O)O[C@H](COC(=O)CCCCCCCCCCCCC/C=C\CCCCCCCC)COP(=O)(O)O. The average Bonchev–Trinajstić information content (AvgIpc) is 3.91. The van der Waals surface area contributed by atoms with Crippen molar-refractivity contribution in [2.45, 2.75) is 238 Å². The van der Waals surface area contributed by atoms with Gasteiger partial charge in [-0.25, -0.2) is 4.57 Å². The van der Waals surface area contributed by atoms with Crippen molar-refractivity contribution in [3.05, 3.63) is 24.3 Å². The van der Waals surface area contributed by atoms with E-state index in [-0.39, 0.29) is 19.4 Å². The van der Waals surface area contributed by atoms with Crippen LogP contribution < -0.4 is 0 Å². The number of esters is 2. The highest BCUT2D eigenvalue weighted by Gasteiger charge is 2.36. The topological polar surface area (TPSA) is 132 Å². The summed E-state index contributed by atoms with van der Waals surface area (Å²) >= 11 is 0. The van der Waals surface area contributed by atoms with Crippen molar-refractivity contribution in [3.63, 3.8) is 0 Å². The molecule has 55 heavy (non-hydrogen) atoms. The molecular formula is C45H83O9P. The lowest BCUT2D eigenvalue weighted by Crippen LogP contribution is -2.29. The van der Waals surface area contributed by atoms with E-state index in [1.54, 1.807) is 0 Å². The van der Waals surface area contributed by atoms with Gasteiger partial charge in [-0.1, -0.05) is 167 Å². The third-order valence-electron chi connectivity index (χ3n) is 10.4. The molecular weight excluding hydrogens is 715 g/mol. The van der Waals surface area contributed by atoms with Crippen LogP contribution in [-0.2, 0) is 32.9 Å². The molecule has 0 aromatic rings. The Morgan fingerprint density at radius 2 is 1.00 bits per heavy atom. The molecule has 0 saturated carbocycles. The Hall–Kier alpha value is -1.51. The summed E-state index contributed by atoms with van der Waals surface area (Å²) in [7, 11) is -4.76. The van der Waals surface area contributed by atoms with Gasteiger partial charge in [0.2, 0.25) is 0 Å². The lowest BCUT2D eigenvalue weighted by atomic mass is 10.0. The van der Waals surface area contributed by atoms with E-state index < -0.39 is 32.5 Å². The molecule has 2 unspecified atom stereocenters. The molecule has 0 aromatic carbocycles. The fourth-order valence-corrected chi connectivity index (χ4v) is 7.21. The minimum atomic E-state index is -4.76. The minimum absolute atomic E-state index is 0.190. The van der Waals surface area contributed by atoms with E-state index in [1.165, 1.54) is 122 Å². The van der Waals surface area contributed by atoms with Crippen LogP contribution in [0.25, 0.3) is 0 Å². The predicted octanol–water partition coefficient (Wildman–Crippen LogP) is 13.0. The number of ether oxygens (including phenoxy) is 3. The molecule has 1 saturated heterocycles. The molecule has 1 rings (SSSR count). The lowest BCUT2D eigenvalue weighted by Gasteiger charge is -2.18. The number of carbonyl (C=O) groups excluding carboxylic acids is 2. The van der Waals surface area contributed by atoms with Crippen LogP contribution >= 0.6 is 7.82 Å². The van der Waals surface area contributed by atoms with E-state index in [0.29, 0.717) is 18.6 Å². The number of unbranched alkanes of at least 4 members (excludes halogenated alkanes) is 24. The molecule has 0 aromatic heterocycles. The first kappa shape index (κ1) is 51.5. The van der Waals surface area contributed by atoms with E-state index >= 15 is 0 Å². The van der Waals surface area contributed by atoms with Crippen LogP contribution in [0.4, 0.5) is 0 Å². The summed E-state index contributed by atoms with van der Waals surface area (Å²) in [6.45, 7) is 3.65. The summed E-state index contributed by atoms with van der Waals surface area (Å²) in [6, 6.07) is 0. The van der Waals surface area contributed by atoms with Crippen LogP contribution in [0.5, 0.6) is 0 Å². The average molecular weight is 799 g/mol. The smallest absolute Gasteiger partial charge is 0.462 e. The highest BCUT2D eigenvalue weighted by molar-refractivity contribution is 7.46. The van der Waals surface area contributed by atoms with Gasteiger partial charge in [0.05, 0.1) is 18.8 Å². The molecule has 0 amide bonds. The van der Waals surface area contributed by atoms with Crippen molar-refractivity contribution in [2.24, 2.45) is 0 Å². The van der Waals surface area contributed by atoms with Gasteiger partial charge in [0.15, 0.2) is 6.10 Å². The van der Waals surface area contributed by atoms with Crippen LogP contribution in [0.1, 0.15) is 219 Å². The quantitative estimate of drug-likeness (QED) is 0.0204. The van der Waals surface area contributed by atoms with Gasteiger partial charge in [-0.05, 0) is 64.2 Å². The summed E-state index contributed by atoms with van der Waals surface area (Å²) in [5.41, 5.74) is 0. The summed E-state index contributed by atoms with van der Waals surface area (Å²) in [5, 5.41) is 0. The Labute approximate surface area is 336 Å². The molecule has 0 bridgehead atoms.